The molecule has 1 aliphatic rings. The number of ether oxygens (including phenoxy) is 2. The lowest BCUT2D eigenvalue weighted by atomic mass is 9.94. The number of hydrogen-bond donors (Lipinski definition) is 1. The molecule has 1 aromatic carbocycles. The highest BCUT2D eigenvalue weighted by molar-refractivity contribution is 5.26. The van der Waals surface area contributed by atoms with Crippen molar-refractivity contribution >= 4 is 0 Å². The highest BCUT2D eigenvalue weighted by Crippen LogP contribution is 2.22. The third kappa shape index (κ3) is 5.01. The lowest BCUT2D eigenvalue weighted by Gasteiger charge is -2.34. The summed E-state index contributed by atoms with van der Waals surface area (Å²) >= 11 is 0. The Bertz CT molecular complexity index is 378. The average molecular weight is 286 g/mol. The third-order valence-corrected chi connectivity index (χ3v) is 3.58. The Balaban J connectivity index is 0.00000180. The zero-order chi connectivity index (χ0) is 13.0. The highest BCUT2D eigenvalue weighted by atomic mass is 35.5. The summed E-state index contributed by atoms with van der Waals surface area (Å²) in [5, 5.41) is 2.44. The molecule has 19 heavy (non-hydrogen) atoms. The maximum atomic E-state index is 5.74. The topological polar surface area (TPSA) is 35.1 Å². The number of hydrogen-bond acceptors (Lipinski definition) is 2. The minimum absolute atomic E-state index is 0. The summed E-state index contributed by atoms with van der Waals surface area (Å²) in [6.07, 6.45) is 2.28. The number of quaternary nitrogens is 1. The summed E-state index contributed by atoms with van der Waals surface area (Å²) in [6, 6.07) is 9.00. The lowest BCUT2D eigenvalue weighted by molar-refractivity contribution is -0.709. The predicted octanol–water partition coefficient (Wildman–Crippen LogP) is -1.28. The minimum Gasteiger partial charge on any atom is -1.00 e. The highest BCUT2D eigenvalue weighted by Gasteiger charge is 2.30. The van der Waals surface area contributed by atoms with Crippen molar-refractivity contribution in [1.29, 1.82) is 0 Å². The molecule has 2 N–H and O–H groups in total. The number of benzene rings is 1. The molecule has 4 heteroatoms. The minimum atomic E-state index is 0. The van der Waals surface area contributed by atoms with Gasteiger partial charge in [0.1, 0.15) is 12.3 Å². The van der Waals surface area contributed by atoms with Crippen LogP contribution >= 0.6 is 0 Å². The van der Waals surface area contributed by atoms with E-state index in [1.807, 2.05) is 12.1 Å². The summed E-state index contributed by atoms with van der Waals surface area (Å²) in [6.45, 7) is 6.28. The maximum Gasteiger partial charge on any atom is 0.118 e. The van der Waals surface area contributed by atoms with E-state index in [1.165, 1.54) is 5.56 Å². The van der Waals surface area contributed by atoms with E-state index in [4.69, 9.17) is 9.47 Å². The molecule has 0 bridgehead atoms. The van der Waals surface area contributed by atoms with Gasteiger partial charge in [-0.15, -0.1) is 0 Å². The molecule has 108 valence electrons. The van der Waals surface area contributed by atoms with Crippen molar-refractivity contribution in [2.24, 2.45) is 0 Å². The van der Waals surface area contributed by atoms with Gasteiger partial charge in [0, 0.05) is 18.4 Å². The van der Waals surface area contributed by atoms with Crippen LogP contribution in [0, 0.1) is 0 Å². The number of halogens is 1. The molecule has 1 unspecified atom stereocenters. The van der Waals surface area contributed by atoms with Gasteiger partial charge < -0.3 is 27.2 Å². The van der Waals surface area contributed by atoms with Gasteiger partial charge in [-0.05, 0) is 38.1 Å². The van der Waals surface area contributed by atoms with Crippen molar-refractivity contribution < 1.29 is 27.2 Å². The molecule has 0 aromatic heterocycles. The summed E-state index contributed by atoms with van der Waals surface area (Å²) < 4.78 is 10.9. The first-order chi connectivity index (χ1) is 8.59. The van der Waals surface area contributed by atoms with Gasteiger partial charge in [0.25, 0.3) is 0 Å². The molecule has 1 atom stereocenters. The molecule has 0 radical (unpaired) electrons. The van der Waals surface area contributed by atoms with E-state index in [-0.39, 0.29) is 18.0 Å². The van der Waals surface area contributed by atoms with Crippen molar-refractivity contribution in [3.05, 3.63) is 29.8 Å². The van der Waals surface area contributed by atoms with Crippen molar-refractivity contribution in [3.8, 4) is 5.75 Å². The SMILES string of the molecule is COc1ccc(C[NH2+]C2CCOC(C)(C)C2)cc1.[Cl-]. The van der Waals surface area contributed by atoms with Gasteiger partial charge in [-0.25, -0.2) is 0 Å². The Hall–Kier alpha value is -0.770. The van der Waals surface area contributed by atoms with Crippen LogP contribution in [0.4, 0.5) is 0 Å². The summed E-state index contributed by atoms with van der Waals surface area (Å²) in [4.78, 5) is 0. The van der Waals surface area contributed by atoms with Crippen LogP contribution in [-0.2, 0) is 11.3 Å². The van der Waals surface area contributed by atoms with Crippen molar-refractivity contribution in [2.45, 2.75) is 44.9 Å². The molecule has 0 amide bonds. The molecule has 1 aromatic rings. The summed E-state index contributed by atoms with van der Waals surface area (Å²) in [5.74, 6) is 0.922. The van der Waals surface area contributed by atoms with E-state index in [0.29, 0.717) is 6.04 Å². The molecular formula is C15H24ClNO2. The van der Waals surface area contributed by atoms with E-state index in [1.54, 1.807) is 7.11 Å². The summed E-state index contributed by atoms with van der Waals surface area (Å²) in [7, 11) is 1.70. The molecule has 0 spiro atoms. The van der Waals surface area contributed by atoms with Crippen LogP contribution in [0.3, 0.4) is 0 Å². The first-order valence-electron chi connectivity index (χ1n) is 6.69. The molecule has 0 aliphatic carbocycles. The zero-order valence-corrected chi connectivity index (χ0v) is 12.7. The monoisotopic (exact) mass is 285 g/mol. The Morgan fingerprint density at radius 3 is 2.58 bits per heavy atom. The molecular weight excluding hydrogens is 262 g/mol. The van der Waals surface area contributed by atoms with Crippen LogP contribution in [-0.4, -0.2) is 25.4 Å². The van der Waals surface area contributed by atoms with Gasteiger partial charge in [0.05, 0.1) is 25.4 Å². The molecule has 1 heterocycles. The van der Waals surface area contributed by atoms with Gasteiger partial charge in [-0.1, -0.05) is 0 Å². The van der Waals surface area contributed by atoms with Crippen LogP contribution in [0.25, 0.3) is 0 Å². The van der Waals surface area contributed by atoms with Crippen LogP contribution in [0.15, 0.2) is 24.3 Å². The molecule has 2 rings (SSSR count). The second-order valence-corrected chi connectivity index (χ2v) is 5.65. The van der Waals surface area contributed by atoms with Crippen molar-refractivity contribution in [3.63, 3.8) is 0 Å². The average Bonchev–Trinajstić information content (AvgIpc) is 2.36. The first kappa shape index (κ1) is 16.3. The van der Waals surface area contributed by atoms with E-state index in [9.17, 15) is 0 Å². The number of nitrogens with two attached hydrogens (primary N) is 1. The molecule has 1 fully saturated rings. The van der Waals surface area contributed by atoms with E-state index in [0.717, 1.165) is 31.7 Å². The third-order valence-electron chi connectivity index (χ3n) is 3.58. The van der Waals surface area contributed by atoms with Gasteiger partial charge in [0.2, 0.25) is 0 Å². The van der Waals surface area contributed by atoms with Gasteiger partial charge in [-0.2, -0.15) is 0 Å². The quantitative estimate of drug-likeness (QED) is 0.748. The Morgan fingerprint density at radius 2 is 2.00 bits per heavy atom. The zero-order valence-electron chi connectivity index (χ0n) is 12.0. The van der Waals surface area contributed by atoms with E-state index in [2.05, 4.69) is 31.3 Å². The molecule has 1 aliphatic heterocycles. The van der Waals surface area contributed by atoms with Gasteiger partial charge in [0.15, 0.2) is 0 Å². The Morgan fingerprint density at radius 1 is 1.32 bits per heavy atom. The fourth-order valence-corrected chi connectivity index (χ4v) is 2.54. The van der Waals surface area contributed by atoms with Crippen LogP contribution < -0.4 is 22.5 Å². The fourth-order valence-electron chi connectivity index (χ4n) is 2.54. The maximum absolute atomic E-state index is 5.74. The standard InChI is InChI=1S/C15H23NO2.ClH/c1-15(2)10-13(8-9-18-15)16-11-12-4-6-14(17-3)7-5-12;/h4-7,13,16H,8-11H2,1-3H3;1H. The normalized spacial score (nSPS) is 21.5. The van der Waals surface area contributed by atoms with Crippen molar-refractivity contribution in [2.75, 3.05) is 13.7 Å². The van der Waals surface area contributed by atoms with Crippen LogP contribution in [0.1, 0.15) is 32.3 Å². The molecule has 3 nitrogen and oxygen atoms in total. The van der Waals surface area contributed by atoms with Crippen LogP contribution in [0.2, 0.25) is 0 Å². The van der Waals surface area contributed by atoms with Crippen molar-refractivity contribution in [1.82, 2.24) is 0 Å². The second kappa shape index (κ2) is 7.13. The first-order valence-corrected chi connectivity index (χ1v) is 6.69. The van der Waals surface area contributed by atoms with E-state index < -0.39 is 0 Å². The molecule has 0 saturated carbocycles. The predicted molar refractivity (Wildman–Crippen MR) is 71.7 cm³/mol. The van der Waals surface area contributed by atoms with Gasteiger partial charge >= 0.3 is 0 Å². The fraction of sp³-hybridized carbons (Fsp3) is 0.600. The second-order valence-electron chi connectivity index (χ2n) is 5.65. The van der Waals surface area contributed by atoms with Crippen LogP contribution in [0.5, 0.6) is 5.75 Å². The summed E-state index contributed by atoms with van der Waals surface area (Å²) in [5.41, 5.74) is 1.39. The molecule has 1 saturated heterocycles. The largest absolute Gasteiger partial charge is 1.00 e. The Labute approximate surface area is 122 Å². The van der Waals surface area contributed by atoms with E-state index >= 15 is 0 Å². The van der Waals surface area contributed by atoms with Gasteiger partial charge in [-0.3, -0.25) is 0 Å². The lowest BCUT2D eigenvalue weighted by Crippen LogP contribution is -3.00. The smallest absolute Gasteiger partial charge is 0.118 e. The number of rotatable bonds is 4. The Kier molecular flexibility index (Phi) is 6.11. The number of methoxy groups -OCH3 is 1.